The second kappa shape index (κ2) is 13.0. The number of alkyl carbamates (subject to hydrolysis) is 1. The molecule has 3 rings (SSSR count). The van der Waals surface area contributed by atoms with Gasteiger partial charge >= 0.3 is 6.09 Å². The van der Waals surface area contributed by atoms with Crippen molar-refractivity contribution >= 4 is 6.09 Å². The van der Waals surface area contributed by atoms with Crippen molar-refractivity contribution in [2.24, 2.45) is 0 Å². The molecule has 0 saturated heterocycles. The average Bonchev–Trinajstić information content (AvgIpc) is 2.81. The number of para-hydroxylation sites is 1. The van der Waals surface area contributed by atoms with Crippen LogP contribution in [0.2, 0.25) is 0 Å². The highest BCUT2D eigenvalue weighted by Crippen LogP contribution is 2.23. The first-order valence-electron chi connectivity index (χ1n) is 11.1. The lowest BCUT2D eigenvalue weighted by atomic mass is 10.2. The second-order valence-electron chi connectivity index (χ2n) is 7.64. The number of hydrogen-bond donors (Lipinski definition) is 1. The summed E-state index contributed by atoms with van der Waals surface area (Å²) in [5, 5.41) is 2.70. The monoisotopic (exact) mass is 448 g/mol. The zero-order chi connectivity index (χ0) is 23.3. The number of rotatable bonds is 12. The van der Waals surface area contributed by atoms with Gasteiger partial charge in [0.1, 0.15) is 23.0 Å². The third-order valence-electron chi connectivity index (χ3n) is 4.46. The Kier molecular flexibility index (Phi) is 9.45. The summed E-state index contributed by atoms with van der Waals surface area (Å²) in [6.45, 7) is 5.13. The Labute approximate surface area is 195 Å². The van der Waals surface area contributed by atoms with Crippen molar-refractivity contribution < 1.29 is 23.7 Å². The van der Waals surface area contributed by atoms with E-state index in [1.165, 1.54) is 0 Å². The quantitative estimate of drug-likeness (QED) is 0.337. The first-order chi connectivity index (χ1) is 16.1. The highest BCUT2D eigenvalue weighted by atomic mass is 16.6. The number of unbranched alkanes of at least 4 members (excludes halogenated alkanes) is 1. The van der Waals surface area contributed by atoms with E-state index in [4.69, 9.17) is 18.9 Å². The van der Waals surface area contributed by atoms with E-state index in [-0.39, 0.29) is 6.10 Å². The molecule has 0 spiro atoms. The van der Waals surface area contributed by atoms with Gasteiger partial charge in [0.05, 0.1) is 19.3 Å². The molecular formula is C27H30NO5. The van der Waals surface area contributed by atoms with Gasteiger partial charge in [-0.05, 0) is 74.7 Å². The maximum atomic E-state index is 11.6. The lowest BCUT2D eigenvalue weighted by Crippen LogP contribution is -2.26. The van der Waals surface area contributed by atoms with E-state index in [1.54, 1.807) is 0 Å². The van der Waals surface area contributed by atoms with Crippen LogP contribution in [0.1, 0.15) is 32.3 Å². The Morgan fingerprint density at radius 3 is 2.21 bits per heavy atom. The fourth-order valence-corrected chi connectivity index (χ4v) is 2.91. The molecule has 0 heterocycles. The number of carbonyl (C=O) groups excluding carboxylic acids is 1. The molecule has 6 nitrogen and oxygen atoms in total. The minimum absolute atomic E-state index is 0.152. The Bertz CT molecular complexity index is 973. The molecule has 0 bridgehead atoms. The van der Waals surface area contributed by atoms with Crippen LogP contribution in [-0.4, -0.2) is 25.4 Å². The summed E-state index contributed by atoms with van der Waals surface area (Å²) in [6.07, 6.45) is 1.13. The normalized spacial score (nSPS) is 10.5. The van der Waals surface area contributed by atoms with Crippen LogP contribution in [0.4, 0.5) is 4.79 Å². The zero-order valence-electron chi connectivity index (χ0n) is 19.1. The molecule has 0 fully saturated rings. The minimum atomic E-state index is -0.442. The molecule has 173 valence electrons. The van der Waals surface area contributed by atoms with Crippen LogP contribution in [0.5, 0.6) is 23.0 Å². The van der Waals surface area contributed by atoms with E-state index in [1.807, 2.05) is 86.6 Å². The van der Waals surface area contributed by atoms with Crippen molar-refractivity contribution in [3.05, 3.63) is 84.4 Å². The van der Waals surface area contributed by atoms with Crippen LogP contribution in [0.15, 0.2) is 72.8 Å². The summed E-state index contributed by atoms with van der Waals surface area (Å²) in [6, 6.07) is 26.0. The van der Waals surface area contributed by atoms with E-state index in [0.717, 1.165) is 35.7 Å². The Hall–Kier alpha value is -3.67. The van der Waals surface area contributed by atoms with Gasteiger partial charge in [-0.2, -0.15) is 0 Å². The zero-order valence-corrected chi connectivity index (χ0v) is 19.1. The van der Waals surface area contributed by atoms with Crippen LogP contribution in [-0.2, 0) is 11.3 Å². The van der Waals surface area contributed by atoms with Crippen LogP contribution < -0.4 is 19.5 Å². The Balaban J connectivity index is 1.30. The number of carbonyl (C=O) groups is 1. The standard InChI is InChI=1S/C27H30NO5/c1-21(2)32-27(29)28-20-22-9-8-12-26(19-22)31-18-7-6-17-30-23-13-15-25(16-14-23)33-24-10-4-3-5-11-24/h3-5,8-16,21H,6-7,17-18,20H2,1-2H3,(H,28,29). The molecule has 0 atom stereocenters. The van der Waals surface area contributed by atoms with Gasteiger partial charge in [0.25, 0.3) is 0 Å². The first-order valence-corrected chi connectivity index (χ1v) is 11.1. The second-order valence-corrected chi connectivity index (χ2v) is 7.64. The maximum absolute atomic E-state index is 11.6. The molecule has 1 N–H and O–H groups in total. The lowest BCUT2D eigenvalue weighted by Gasteiger charge is -2.11. The Morgan fingerprint density at radius 1 is 0.818 bits per heavy atom. The molecule has 3 aromatic carbocycles. The lowest BCUT2D eigenvalue weighted by molar-refractivity contribution is 0.115. The third-order valence-corrected chi connectivity index (χ3v) is 4.46. The van der Waals surface area contributed by atoms with Gasteiger partial charge in [-0.3, -0.25) is 0 Å². The third kappa shape index (κ3) is 9.15. The van der Waals surface area contributed by atoms with Gasteiger partial charge in [-0.1, -0.05) is 30.3 Å². The van der Waals surface area contributed by atoms with Crippen molar-refractivity contribution in [3.8, 4) is 23.0 Å². The van der Waals surface area contributed by atoms with E-state index in [9.17, 15) is 4.79 Å². The van der Waals surface area contributed by atoms with E-state index >= 15 is 0 Å². The molecule has 0 aliphatic carbocycles. The number of hydrogen-bond acceptors (Lipinski definition) is 5. The van der Waals surface area contributed by atoms with Crippen molar-refractivity contribution in [2.45, 2.75) is 39.3 Å². The molecule has 1 amide bonds. The summed E-state index contributed by atoms with van der Waals surface area (Å²) in [4.78, 5) is 11.6. The molecule has 3 aromatic rings. The van der Waals surface area contributed by atoms with Crippen molar-refractivity contribution in [2.75, 3.05) is 13.2 Å². The molecule has 1 radical (unpaired) electrons. The van der Waals surface area contributed by atoms with E-state index in [2.05, 4.69) is 11.4 Å². The van der Waals surface area contributed by atoms with Crippen molar-refractivity contribution in [1.29, 1.82) is 0 Å². The van der Waals surface area contributed by atoms with Crippen LogP contribution in [0, 0.1) is 6.07 Å². The largest absolute Gasteiger partial charge is 0.494 e. The van der Waals surface area contributed by atoms with Crippen LogP contribution in [0.25, 0.3) is 0 Å². The summed E-state index contributed by atoms with van der Waals surface area (Å²) in [5.41, 5.74) is 0.830. The summed E-state index contributed by atoms with van der Waals surface area (Å²) in [7, 11) is 0. The van der Waals surface area contributed by atoms with Crippen LogP contribution >= 0.6 is 0 Å². The average molecular weight is 449 g/mol. The Morgan fingerprint density at radius 2 is 1.48 bits per heavy atom. The number of amides is 1. The smallest absolute Gasteiger partial charge is 0.407 e. The van der Waals surface area contributed by atoms with Gasteiger partial charge in [0.15, 0.2) is 0 Å². The fraction of sp³-hybridized carbons (Fsp3) is 0.296. The summed E-state index contributed by atoms with van der Waals surface area (Å²) < 4.78 is 22.4. The molecule has 6 heteroatoms. The minimum Gasteiger partial charge on any atom is -0.494 e. The van der Waals surface area contributed by atoms with Gasteiger partial charge in [-0.25, -0.2) is 4.79 Å². The molecule has 0 unspecified atom stereocenters. The maximum Gasteiger partial charge on any atom is 0.407 e. The van der Waals surface area contributed by atoms with Gasteiger partial charge < -0.3 is 24.3 Å². The summed E-state index contributed by atoms with van der Waals surface area (Å²) >= 11 is 0. The molecule has 0 aliphatic heterocycles. The van der Waals surface area contributed by atoms with E-state index < -0.39 is 6.09 Å². The number of nitrogens with one attached hydrogen (secondary N) is 1. The molecule has 0 saturated carbocycles. The van der Waals surface area contributed by atoms with Gasteiger partial charge in [-0.15, -0.1) is 0 Å². The predicted molar refractivity (Wildman–Crippen MR) is 127 cm³/mol. The number of benzene rings is 3. The predicted octanol–water partition coefficient (Wildman–Crippen LogP) is 6.15. The highest BCUT2D eigenvalue weighted by Gasteiger charge is 2.05. The molecule has 0 aliphatic rings. The molecule has 33 heavy (non-hydrogen) atoms. The van der Waals surface area contributed by atoms with Gasteiger partial charge in [0.2, 0.25) is 0 Å². The van der Waals surface area contributed by atoms with E-state index in [0.29, 0.717) is 25.5 Å². The molecular weight excluding hydrogens is 418 g/mol. The first kappa shape index (κ1) is 24.0. The topological polar surface area (TPSA) is 66.0 Å². The molecule has 0 aromatic heterocycles. The number of ether oxygens (including phenoxy) is 4. The SMILES string of the molecule is CC(C)OC(=O)NCc1[c]c(OCCCCOc2ccc(Oc3ccccc3)cc2)ccc1. The summed E-state index contributed by atoms with van der Waals surface area (Å²) in [5.74, 6) is 3.04. The fourth-order valence-electron chi connectivity index (χ4n) is 2.91. The van der Waals surface area contributed by atoms with Crippen molar-refractivity contribution in [3.63, 3.8) is 0 Å². The van der Waals surface area contributed by atoms with Crippen LogP contribution in [0.3, 0.4) is 0 Å². The highest BCUT2D eigenvalue weighted by molar-refractivity contribution is 5.67. The van der Waals surface area contributed by atoms with Gasteiger partial charge in [0, 0.05) is 12.6 Å². The van der Waals surface area contributed by atoms with Crippen molar-refractivity contribution in [1.82, 2.24) is 5.32 Å².